The van der Waals surface area contributed by atoms with Crippen molar-refractivity contribution < 1.29 is 5.11 Å². The van der Waals surface area contributed by atoms with Gasteiger partial charge in [0.05, 0.1) is 6.61 Å². The van der Waals surface area contributed by atoms with Gasteiger partial charge in [-0.2, -0.15) is 0 Å². The van der Waals surface area contributed by atoms with Gasteiger partial charge in [-0.05, 0) is 18.9 Å². The minimum Gasteiger partial charge on any atom is -0.392 e. The molecule has 0 atom stereocenters. The standard InChI is InChI=1S/C8H10O/c9-7-3-1-2-4-8-5-6-8/h1,3,8-9H,5-7H2/b3-1+. The van der Waals surface area contributed by atoms with Crippen molar-refractivity contribution in [3.8, 4) is 11.8 Å². The molecular formula is C8H10O. The zero-order valence-electron chi connectivity index (χ0n) is 5.30. The molecule has 0 unspecified atom stereocenters. The summed E-state index contributed by atoms with van der Waals surface area (Å²) in [5, 5.41) is 8.29. The number of hydrogen-bond acceptors (Lipinski definition) is 1. The van der Waals surface area contributed by atoms with Crippen molar-refractivity contribution in [2.24, 2.45) is 5.92 Å². The molecule has 0 saturated heterocycles. The molecule has 0 aliphatic heterocycles. The number of rotatable bonds is 1. The molecule has 0 radical (unpaired) electrons. The third-order valence-corrected chi connectivity index (χ3v) is 1.17. The Morgan fingerprint density at radius 2 is 2.33 bits per heavy atom. The van der Waals surface area contributed by atoms with Gasteiger partial charge in [0.15, 0.2) is 0 Å². The van der Waals surface area contributed by atoms with Gasteiger partial charge in [-0.1, -0.05) is 17.9 Å². The van der Waals surface area contributed by atoms with Crippen molar-refractivity contribution in [1.29, 1.82) is 0 Å². The van der Waals surface area contributed by atoms with Crippen LogP contribution in [-0.4, -0.2) is 11.7 Å². The van der Waals surface area contributed by atoms with Crippen molar-refractivity contribution in [2.45, 2.75) is 12.8 Å². The molecule has 1 rings (SSSR count). The fourth-order valence-electron chi connectivity index (χ4n) is 0.505. The minimum absolute atomic E-state index is 0.0966. The Hall–Kier alpha value is -0.740. The average molecular weight is 122 g/mol. The highest BCUT2D eigenvalue weighted by Crippen LogP contribution is 2.27. The Labute approximate surface area is 55.4 Å². The summed E-state index contributed by atoms with van der Waals surface area (Å²) in [6.07, 6.45) is 5.88. The summed E-state index contributed by atoms with van der Waals surface area (Å²) >= 11 is 0. The van der Waals surface area contributed by atoms with E-state index in [0.717, 1.165) is 0 Å². The third kappa shape index (κ3) is 2.94. The first kappa shape index (κ1) is 6.38. The molecule has 0 aromatic heterocycles. The number of aliphatic hydroxyl groups excluding tert-OH is 1. The molecule has 1 N–H and O–H groups in total. The molecule has 9 heavy (non-hydrogen) atoms. The maximum atomic E-state index is 8.29. The molecule has 1 heteroatoms. The van der Waals surface area contributed by atoms with Crippen molar-refractivity contribution in [1.82, 2.24) is 0 Å². The monoisotopic (exact) mass is 122 g/mol. The van der Waals surface area contributed by atoms with E-state index in [-0.39, 0.29) is 6.61 Å². The van der Waals surface area contributed by atoms with Gasteiger partial charge in [0.2, 0.25) is 0 Å². The second kappa shape index (κ2) is 3.32. The van der Waals surface area contributed by atoms with Crippen LogP contribution in [0.2, 0.25) is 0 Å². The quantitative estimate of drug-likeness (QED) is 0.513. The Kier molecular flexibility index (Phi) is 2.35. The predicted molar refractivity (Wildman–Crippen MR) is 36.7 cm³/mol. The lowest BCUT2D eigenvalue weighted by atomic mass is 10.4. The van der Waals surface area contributed by atoms with Crippen LogP contribution in [0.25, 0.3) is 0 Å². The van der Waals surface area contributed by atoms with E-state index in [4.69, 9.17) is 5.11 Å². The molecule has 1 aliphatic carbocycles. The molecule has 1 saturated carbocycles. The van der Waals surface area contributed by atoms with Gasteiger partial charge in [-0.25, -0.2) is 0 Å². The zero-order chi connectivity index (χ0) is 6.53. The maximum Gasteiger partial charge on any atom is 0.0621 e. The summed E-state index contributed by atoms with van der Waals surface area (Å²) in [5.74, 6) is 6.56. The van der Waals surface area contributed by atoms with E-state index in [1.54, 1.807) is 12.2 Å². The van der Waals surface area contributed by atoms with Crippen LogP contribution in [0.4, 0.5) is 0 Å². The molecule has 48 valence electrons. The minimum atomic E-state index is 0.0966. The van der Waals surface area contributed by atoms with E-state index in [1.807, 2.05) is 0 Å². The van der Waals surface area contributed by atoms with Crippen LogP contribution in [-0.2, 0) is 0 Å². The lowest BCUT2D eigenvalue weighted by Crippen LogP contribution is -1.68. The van der Waals surface area contributed by atoms with Gasteiger partial charge in [-0.3, -0.25) is 0 Å². The van der Waals surface area contributed by atoms with Gasteiger partial charge in [-0.15, -0.1) is 0 Å². The smallest absolute Gasteiger partial charge is 0.0621 e. The van der Waals surface area contributed by atoms with Gasteiger partial charge in [0, 0.05) is 5.92 Å². The van der Waals surface area contributed by atoms with E-state index >= 15 is 0 Å². The third-order valence-electron chi connectivity index (χ3n) is 1.17. The number of aliphatic hydroxyl groups is 1. The van der Waals surface area contributed by atoms with Crippen LogP contribution in [0.15, 0.2) is 12.2 Å². The van der Waals surface area contributed by atoms with Crippen molar-refractivity contribution >= 4 is 0 Å². The van der Waals surface area contributed by atoms with Crippen LogP contribution < -0.4 is 0 Å². The molecule has 1 nitrogen and oxygen atoms in total. The highest BCUT2D eigenvalue weighted by atomic mass is 16.2. The molecule has 1 aliphatic rings. The largest absolute Gasteiger partial charge is 0.392 e. The van der Waals surface area contributed by atoms with Crippen LogP contribution in [0.3, 0.4) is 0 Å². The topological polar surface area (TPSA) is 20.2 Å². The first-order chi connectivity index (χ1) is 4.43. The summed E-state index contributed by atoms with van der Waals surface area (Å²) < 4.78 is 0. The molecule has 0 aromatic carbocycles. The Balaban J connectivity index is 2.16. The summed E-state index contributed by atoms with van der Waals surface area (Å²) in [4.78, 5) is 0. The van der Waals surface area contributed by atoms with Crippen LogP contribution >= 0.6 is 0 Å². The normalized spacial score (nSPS) is 17.4. The van der Waals surface area contributed by atoms with E-state index in [9.17, 15) is 0 Å². The first-order valence-corrected chi connectivity index (χ1v) is 3.20. The van der Waals surface area contributed by atoms with Crippen LogP contribution in [0, 0.1) is 17.8 Å². The van der Waals surface area contributed by atoms with Crippen molar-refractivity contribution in [3.63, 3.8) is 0 Å². The summed E-state index contributed by atoms with van der Waals surface area (Å²) in [5.41, 5.74) is 0. The maximum absolute atomic E-state index is 8.29. The lowest BCUT2D eigenvalue weighted by molar-refractivity contribution is 0.343. The lowest BCUT2D eigenvalue weighted by Gasteiger charge is -1.71. The first-order valence-electron chi connectivity index (χ1n) is 3.20. The number of allylic oxidation sites excluding steroid dienone is 1. The fourth-order valence-corrected chi connectivity index (χ4v) is 0.505. The second-order valence-electron chi connectivity index (χ2n) is 2.15. The van der Waals surface area contributed by atoms with E-state index in [0.29, 0.717) is 5.92 Å². The highest BCUT2D eigenvalue weighted by molar-refractivity contribution is 5.19. The van der Waals surface area contributed by atoms with E-state index < -0.39 is 0 Å². The average Bonchev–Trinajstić information content (AvgIpc) is 2.63. The Bertz CT molecular complexity index is 155. The molecule has 0 spiro atoms. The Morgan fingerprint density at radius 1 is 1.56 bits per heavy atom. The zero-order valence-corrected chi connectivity index (χ0v) is 5.30. The number of hydrogen-bond donors (Lipinski definition) is 1. The van der Waals surface area contributed by atoms with E-state index in [2.05, 4.69) is 11.8 Å². The Morgan fingerprint density at radius 3 is 2.89 bits per heavy atom. The van der Waals surface area contributed by atoms with Gasteiger partial charge >= 0.3 is 0 Å². The molecular weight excluding hydrogens is 112 g/mol. The van der Waals surface area contributed by atoms with Crippen LogP contribution in [0.1, 0.15) is 12.8 Å². The van der Waals surface area contributed by atoms with Gasteiger partial charge in [0.1, 0.15) is 0 Å². The molecule has 1 fully saturated rings. The second-order valence-corrected chi connectivity index (χ2v) is 2.15. The van der Waals surface area contributed by atoms with E-state index in [1.165, 1.54) is 12.8 Å². The van der Waals surface area contributed by atoms with Crippen LogP contribution in [0.5, 0.6) is 0 Å². The molecule has 0 bridgehead atoms. The van der Waals surface area contributed by atoms with Gasteiger partial charge in [0.25, 0.3) is 0 Å². The molecule has 0 amide bonds. The molecule has 0 aromatic rings. The highest BCUT2D eigenvalue weighted by Gasteiger charge is 2.17. The summed E-state index contributed by atoms with van der Waals surface area (Å²) in [6.45, 7) is 0.0966. The summed E-state index contributed by atoms with van der Waals surface area (Å²) in [6, 6.07) is 0. The predicted octanol–water partition coefficient (Wildman–Crippen LogP) is 0.948. The fraction of sp³-hybridized carbons (Fsp3) is 0.500. The van der Waals surface area contributed by atoms with Crippen molar-refractivity contribution in [3.05, 3.63) is 12.2 Å². The molecule has 0 heterocycles. The van der Waals surface area contributed by atoms with Crippen molar-refractivity contribution in [2.75, 3.05) is 6.61 Å². The van der Waals surface area contributed by atoms with Gasteiger partial charge < -0.3 is 5.11 Å². The SMILES string of the molecule is OC/C=C/C#CC1CC1. The summed E-state index contributed by atoms with van der Waals surface area (Å²) in [7, 11) is 0.